The first-order valence-corrected chi connectivity index (χ1v) is 10.6. The molecule has 4 bridgehead atoms. The number of para-hydroxylation sites is 1. The van der Waals surface area contributed by atoms with Crippen molar-refractivity contribution in [2.24, 2.45) is 23.7 Å². The molecule has 3 aromatic rings. The van der Waals surface area contributed by atoms with Crippen LogP contribution >= 0.6 is 0 Å². The van der Waals surface area contributed by atoms with Crippen molar-refractivity contribution in [3.63, 3.8) is 0 Å². The minimum absolute atomic E-state index is 0.101. The average molecular weight is 359 g/mol. The third kappa shape index (κ3) is 1.66. The van der Waals surface area contributed by atoms with Crippen LogP contribution in [-0.2, 0) is 12.1 Å². The van der Waals surface area contributed by atoms with E-state index in [1.807, 2.05) is 0 Å². The second-order valence-corrected chi connectivity index (χ2v) is 9.52. The predicted octanol–water partition coefficient (Wildman–Crippen LogP) is 6.01. The van der Waals surface area contributed by atoms with E-state index >= 15 is 0 Å². The van der Waals surface area contributed by atoms with Gasteiger partial charge in [-0.05, 0) is 80.4 Å². The third-order valence-corrected chi connectivity index (χ3v) is 8.33. The normalized spacial score (nSPS) is 36.3. The van der Waals surface area contributed by atoms with Gasteiger partial charge in [0.1, 0.15) is 5.76 Å². The number of rotatable bonds is 1. The molecule has 0 atom stereocenters. The molecule has 0 radical (unpaired) electrons. The molecule has 4 aliphatic carbocycles. The highest BCUT2D eigenvalue weighted by molar-refractivity contribution is 5.83. The van der Waals surface area contributed by atoms with E-state index in [0.29, 0.717) is 0 Å². The van der Waals surface area contributed by atoms with Gasteiger partial charge < -0.3 is 13.7 Å². The monoisotopic (exact) mass is 359 g/mol. The first-order valence-electron chi connectivity index (χ1n) is 10.6. The maximum absolute atomic E-state index is 6.26. The third-order valence-electron chi connectivity index (χ3n) is 8.33. The zero-order valence-corrected chi connectivity index (χ0v) is 15.8. The van der Waals surface area contributed by atoms with Gasteiger partial charge in [0.05, 0.1) is 23.7 Å². The highest BCUT2D eigenvalue weighted by atomic mass is 16.5. The summed E-state index contributed by atoms with van der Waals surface area (Å²) in [5, 5.41) is 1.23. The Morgan fingerprint density at radius 3 is 2.44 bits per heavy atom. The number of hydrogen-bond donors (Lipinski definition) is 0. The molecule has 0 saturated heterocycles. The molecule has 3 heterocycles. The Balaban J connectivity index is 1.52. The molecule has 3 heteroatoms. The lowest BCUT2D eigenvalue weighted by atomic mass is 9.47. The quantitative estimate of drug-likeness (QED) is 0.533. The summed E-state index contributed by atoms with van der Waals surface area (Å²) in [6, 6.07) is 11.1. The van der Waals surface area contributed by atoms with Gasteiger partial charge in [-0.3, -0.25) is 0 Å². The van der Waals surface area contributed by atoms with Gasteiger partial charge in [0.2, 0.25) is 0 Å². The lowest BCUT2D eigenvalue weighted by Gasteiger charge is -2.63. The van der Waals surface area contributed by atoms with Gasteiger partial charge in [0.25, 0.3) is 5.78 Å². The lowest BCUT2D eigenvalue weighted by molar-refractivity contribution is -0.0581. The molecule has 0 unspecified atom stereocenters. The summed E-state index contributed by atoms with van der Waals surface area (Å²) >= 11 is 0. The Morgan fingerprint density at radius 1 is 0.963 bits per heavy atom. The predicted molar refractivity (Wildman–Crippen MR) is 105 cm³/mol. The molecule has 5 aliphatic rings. The fourth-order valence-corrected chi connectivity index (χ4v) is 7.74. The van der Waals surface area contributed by atoms with Crippen LogP contribution in [0.25, 0.3) is 11.2 Å². The number of nitrogens with zero attached hydrogens (tertiary/aromatic N) is 1. The van der Waals surface area contributed by atoms with E-state index in [1.54, 1.807) is 6.26 Å². The first kappa shape index (κ1) is 14.8. The van der Waals surface area contributed by atoms with Crippen molar-refractivity contribution in [3.05, 3.63) is 53.5 Å². The molecule has 0 amide bonds. The van der Waals surface area contributed by atoms with E-state index in [4.69, 9.17) is 8.83 Å². The fourth-order valence-electron chi connectivity index (χ4n) is 7.74. The van der Waals surface area contributed by atoms with Gasteiger partial charge in [-0.2, -0.15) is 0 Å². The SMILES string of the molecule is Cc1ccccc1N1Cc2oc3occc3c2C12C1CC3CC(C1)CC2C3. The maximum Gasteiger partial charge on any atom is 0.297 e. The molecule has 2 aromatic heterocycles. The van der Waals surface area contributed by atoms with Crippen molar-refractivity contribution < 1.29 is 8.83 Å². The smallest absolute Gasteiger partial charge is 0.297 e. The van der Waals surface area contributed by atoms with E-state index in [-0.39, 0.29) is 5.54 Å². The summed E-state index contributed by atoms with van der Waals surface area (Å²) in [6.45, 7) is 3.14. The summed E-state index contributed by atoms with van der Waals surface area (Å²) in [5.41, 5.74) is 4.35. The van der Waals surface area contributed by atoms with Crippen LogP contribution in [-0.4, -0.2) is 0 Å². The van der Waals surface area contributed by atoms with Crippen LogP contribution in [0.1, 0.15) is 49.0 Å². The minimum Gasteiger partial charge on any atom is -0.433 e. The van der Waals surface area contributed by atoms with Crippen molar-refractivity contribution in [3.8, 4) is 0 Å². The molecule has 3 nitrogen and oxygen atoms in total. The van der Waals surface area contributed by atoms with E-state index in [1.165, 1.54) is 54.3 Å². The van der Waals surface area contributed by atoms with E-state index in [9.17, 15) is 0 Å². The molecule has 4 fully saturated rings. The van der Waals surface area contributed by atoms with Gasteiger partial charge in [-0.25, -0.2) is 0 Å². The van der Waals surface area contributed by atoms with E-state index < -0.39 is 0 Å². The number of hydrogen-bond acceptors (Lipinski definition) is 3. The number of benzene rings is 1. The van der Waals surface area contributed by atoms with Crippen molar-refractivity contribution in [1.29, 1.82) is 0 Å². The summed E-state index contributed by atoms with van der Waals surface area (Å²) in [4.78, 5) is 2.75. The van der Waals surface area contributed by atoms with Gasteiger partial charge >= 0.3 is 0 Å². The largest absolute Gasteiger partial charge is 0.433 e. The molecule has 8 rings (SSSR count). The zero-order chi connectivity index (χ0) is 17.8. The molecule has 1 aliphatic heterocycles. The van der Waals surface area contributed by atoms with Crippen LogP contribution in [0.2, 0.25) is 0 Å². The second kappa shape index (κ2) is 4.81. The van der Waals surface area contributed by atoms with Crippen molar-refractivity contribution in [2.45, 2.75) is 51.1 Å². The van der Waals surface area contributed by atoms with Crippen LogP contribution in [0.4, 0.5) is 5.69 Å². The molecule has 1 spiro atoms. The average Bonchev–Trinajstić information content (AvgIpc) is 3.30. The molecular formula is C24H25NO2. The van der Waals surface area contributed by atoms with Crippen LogP contribution < -0.4 is 4.90 Å². The van der Waals surface area contributed by atoms with Gasteiger partial charge in [-0.15, -0.1) is 0 Å². The molecule has 1 aromatic carbocycles. The number of aryl methyl sites for hydroxylation is 1. The number of furan rings is 2. The van der Waals surface area contributed by atoms with Crippen LogP contribution in [0.5, 0.6) is 0 Å². The molecule has 27 heavy (non-hydrogen) atoms. The molecule has 4 saturated carbocycles. The Kier molecular flexibility index (Phi) is 2.65. The second-order valence-electron chi connectivity index (χ2n) is 9.52. The van der Waals surface area contributed by atoms with Crippen LogP contribution in [0, 0.1) is 30.6 Å². The highest BCUT2D eigenvalue weighted by Gasteiger charge is 2.64. The topological polar surface area (TPSA) is 29.5 Å². The number of anilines is 1. The maximum atomic E-state index is 6.26. The fraction of sp³-hybridized carbons (Fsp3) is 0.500. The Labute approximate surface area is 159 Å². The van der Waals surface area contributed by atoms with E-state index in [0.717, 1.165) is 41.8 Å². The summed E-state index contributed by atoms with van der Waals surface area (Å²) in [6.07, 6.45) is 8.83. The van der Waals surface area contributed by atoms with Crippen LogP contribution in [0.15, 0.2) is 45.4 Å². The molecular weight excluding hydrogens is 334 g/mol. The van der Waals surface area contributed by atoms with Crippen molar-refractivity contribution >= 4 is 16.9 Å². The summed E-state index contributed by atoms with van der Waals surface area (Å²) in [7, 11) is 0. The summed E-state index contributed by atoms with van der Waals surface area (Å²) < 4.78 is 11.9. The minimum atomic E-state index is 0.101. The van der Waals surface area contributed by atoms with Crippen molar-refractivity contribution in [2.75, 3.05) is 4.90 Å². The highest BCUT2D eigenvalue weighted by Crippen LogP contribution is 2.68. The summed E-state index contributed by atoms with van der Waals surface area (Å²) in [5.74, 6) is 5.27. The standard InChI is InChI=1S/C24H25NO2/c1-14-4-2-3-5-20(14)25-13-21-22(19-6-7-26-23(19)27-21)24(25)17-9-15-8-16(11-17)12-18(24)10-15/h2-7,15-18H,8-13H2,1H3. The molecule has 0 N–H and O–H groups in total. The van der Waals surface area contributed by atoms with E-state index in [2.05, 4.69) is 42.2 Å². The van der Waals surface area contributed by atoms with Gasteiger partial charge in [-0.1, -0.05) is 18.2 Å². The Morgan fingerprint density at radius 2 is 1.70 bits per heavy atom. The van der Waals surface area contributed by atoms with Gasteiger partial charge in [0, 0.05) is 11.3 Å². The Bertz CT molecular complexity index is 1030. The van der Waals surface area contributed by atoms with Gasteiger partial charge in [0.15, 0.2) is 0 Å². The zero-order valence-electron chi connectivity index (χ0n) is 15.8. The first-order chi connectivity index (χ1) is 13.2. The molecule has 138 valence electrons. The lowest BCUT2D eigenvalue weighted by Crippen LogP contribution is -2.61. The Hall–Kier alpha value is -2.16. The number of fused-ring (bicyclic) bond motifs is 3. The van der Waals surface area contributed by atoms with Crippen LogP contribution in [0.3, 0.4) is 0 Å². The van der Waals surface area contributed by atoms with Crippen molar-refractivity contribution in [1.82, 2.24) is 0 Å².